The minimum atomic E-state index is -0.460. The minimum absolute atomic E-state index is 0.155. The van der Waals surface area contributed by atoms with Gasteiger partial charge in [0.1, 0.15) is 5.82 Å². The molecule has 0 aliphatic carbocycles. The summed E-state index contributed by atoms with van der Waals surface area (Å²) in [5.74, 6) is -0.615. The second-order valence-electron chi connectivity index (χ2n) is 4.53. The zero-order chi connectivity index (χ0) is 15.6. The second-order valence-corrected chi connectivity index (χ2v) is 5.54. The zero-order valence-corrected chi connectivity index (χ0v) is 12.7. The third-order valence-corrected chi connectivity index (χ3v) is 4.08. The number of halogens is 1. The van der Waals surface area contributed by atoms with Crippen molar-refractivity contribution in [2.45, 2.75) is 30.8 Å². The number of oxime groups is 1. The molecule has 21 heavy (non-hydrogen) atoms. The maximum Gasteiger partial charge on any atom is 0.192 e. The van der Waals surface area contributed by atoms with E-state index < -0.39 is 5.82 Å². The molecule has 0 saturated heterocycles. The standard InChI is InChI=1S/C14H15FN4OS/c1-7-8(2)17-14(18-9(7)3)21-12-5-4-10(15)6-11(12)13(16)19-20/h4-6,20H,1-3H3,(H2,16,19). The van der Waals surface area contributed by atoms with Gasteiger partial charge < -0.3 is 10.9 Å². The average Bonchev–Trinajstić information content (AvgIpc) is 2.45. The number of nitrogens with two attached hydrogens (primary N) is 1. The van der Waals surface area contributed by atoms with Crippen LogP contribution in [0.15, 0.2) is 33.4 Å². The normalized spacial score (nSPS) is 11.7. The molecule has 3 N–H and O–H groups in total. The van der Waals surface area contributed by atoms with E-state index in [2.05, 4.69) is 15.1 Å². The van der Waals surface area contributed by atoms with E-state index in [1.54, 1.807) is 6.07 Å². The number of amidine groups is 1. The van der Waals surface area contributed by atoms with Crippen LogP contribution in [0.3, 0.4) is 0 Å². The summed E-state index contributed by atoms with van der Waals surface area (Å²) in [5.41, 5.74) is 8.70. The van der Waals surface area contributed by atoms with Crippen molar-refractivity contribution in [3.63, 3.8) is 0 Å². The first kappa shape index (κ1) is 15.2. The number of hydrogen-bond donors (Lipinski definition) is 2. The largest absolute Gasteiger partial charge is 0.409 e. The molecule has 0 aliphatic heterocycles. The highest BCUT2D eigenvalue weighted by molar-refractivity contribution is 7.99. The fraction of sp³-hybridized carbons (Fsp3) is 0.214. The molecule has 1 aromatic heterocycles. The highest BCUT2D eigenvalue weighted by Gasteiger charge is 2.13. The van der Waals surface area contributed by atoms with Gasteiger partial charge in [0.25, 0.3) is 0 Å². The molecule has 2 aromatic rings. The van der Waals surface area contributed by atoms with E-state index >= 15 is 0 Å². The Hall–Kier alpha value is -2.15. The summed E-state index contributed by atoms with van der Waals surface area (Å²) < 4.78 is 13.3. The van der Waals surface area contributed by atoms with E-state index in [1.165, 1.54) is 23.9 Å². The summed E-state index contributed by atoms with van der Waals surface area (Å²) in [6.45, 7) is 5.77. The van der Waals surface area contributed by atoms with Crippen LogP contribution in [0.2, 0.25) is 0 Å². The summed E-state index contributed by atoms with van der Waals surface area (Å²) in [6.07, 6.45) is 0. The molecule has 0 bridgehead atoms. The Labute approximate surface area is 126 Å². The van der Waals surface area contributed by atoms with Gasteiger partial charge in [-0.05, 0) is 56.3 Å². The van der Waals surface area contributed by atoms with Gasteiger partial charge in [-0.15, -0.1) is 0 Å². The van der Waals surface area contributed by atoms with Crippen molar-refractivity contribution >= 4 is 17.6 Å². The van der Waals surface area contributed by atoms with E-state index in [1.807, 2.05) is 20.8 Å². The molecule has 0 unspecified atom stereocenters. The Kier molecular flexibility index (Phi) is 4.42. The van der Waals surface area contributed by atoms with Crippen molar-refractivity contribution in [2.24, 2.45) is 10.9 Å². The molecule has 2 rings (SSSR count). The van der Waals surface area contributed by atoms with Gasteiger partial charge in [-0.25, -0.2) is 14.4 Å². The fourth-order valence-electron chi connectivity index (χ4n) is 1.73. The van der Waals surface area contributed by atoms with Gasteiger partial charge in [0.2, 0.25) is 0 Å². The van der Waals surface area contributed by atoms with Crippen molar-refractivity contribution < 1.29 is 9.60 Å². The minimum Gasteiger partial charge on any atom is -0.409 e. The Morgan fingerprint density at radius 3 is 2.43 bits per heavy atom. The summed E-state index contributed by atoms with van der Waals surface area (Å²) in [4.78, 5) is 9.40. The summed E-state index contributed by atoms with van der Waals surface area (Å²) in [5, 5.41) is 12.3. The first-order valence-corrected chi connectivity index (χ1v) is 7.01. The number of nitrogens with zero attached hydrogens (tertiary/aromatic N) is 3. The molecule has 0 radical (unpaired) electrons. The number of aryl methyl sites for hydroxylation is 2. The van der Waals surface area contributed by atoms with Crippen molar-refractivity contribution in [3.05, 3.63) is 46.5 Å². The zero-order valence-electron chi connectivity index (χ0n) is 11.9. The van der Waals surface area contributed by atoms with Crippen molar-refractivity contribution in [1.82, 2.24) is 9.97 Å². The van der Waals surface area contributed by atoms with E-state index in [0.717, 1.165) is 17.0 Å². The van der Waals surface area contributed by atoms with Crippen LogP contribution in [-0.4, -0.2) is 21.0 Å². The van der Waals surface area contributed by atoms with Gasteiger partial charge in [0, 0.05) is 21.8 Å². The SMILES string of the molecule is Cc1nc(Sc2ccc(F)cc2C(N)=NO)nc(C)c1C. The molecule has 1 aromatic carbocycles. The predicted octanol–water partition coefficient (Wildman–Crippen LogP) is 2.79. The van der Waals surface area contributed by atoms with Crippen molar-refractivity contribution in [2.75, 3.05) is 0 Å². The van der Waals surface area contributed by atoms with Crippen LogP contribution in [0, 0.1) is 26.6 Å². The monoisotopic (exact) mass is 306 g/mol. The number of hydrogen-bond acceptors (Lipinski definition) is 5. The van der Waals surface area contributed by atoms with Crippen LogP contribution < -0.4 is 5.73 Å². The smallest absolute Gasteiger partial charge is 0.192 e. The molecule has 0 atom stereocenters. The van der Waals surface area contributed by atoms with E-state index in [-0.39, 0.29) is 5.84 Å². The Balaban J connectivity index is 2.45. The average molecular weight is 306 g/mol. The molecule has 0 amide bonds. The summed E-state index contributed by atoms with van der Waals surface area (Å²) in [6, 6.07) is 4.08. The van der Waals surface area contributed by atoms with Gasteiger partial charge in [-0.1, -0.05) is 5.16 Å². The highest BCUT2D eigenvalue weighted by Crippen LogP contribution is 2.29. The first-order chi connectivity index (χ1) is 9.92. The predicted molar refractivity (Wildman–Crippen MR) is 79.3 cm³/mol. The second kappa shape index (κ2) is 6.09. The third kappa shape index (κ3) is 3.30. The van der Waals surface area contributed by atoms with Crippen LogP contribution in [0.25, 0.3) is 0 Å². The fourth-order valence-corrected chi connectivity index (χ4v) is 2.70. The summed E-state index contributed by atoms with van der Waals surface area (Å²) >= 11 is 1.24. The summed E-state index contributed by atoms with van der Waals surface area (Å²) in [7, 11) is 0. The van der Waals surface area contributed by atoms with Crippen molar-refractivity contribution in [3.8, 4) is 0 Å². The van der Waals surface area contributed by atoms with Crippen LogP contribution in [0.1, 0.15) is 22.5 Å². The molecule has 0 spiro atoms. The Bertz CT molecular complexity index is 695. The lowest BCUT2D eigenvalue weighted by atomic mass is 10.2. The van der Waals surface area contributed by atoms with Crippen LogP contribution in [0.5, 0.6) is 0 Å². The Morgan fingerprint density at radius 2 is 1.86 bits per heavy atom. The van der Waals surface area contributed by atoms with E-state index in [4.69, 9.17) is 10.9 Å². The van der Waals surface area contributed by atoms with Gasteiger partial charge in [-0.2, -0.15) is 0 Å². The Morgan fingerprint density at radius 1 is 1.24 bits per heavy atom. The molecule has 1 heterocycles. The molecule has 0 fully saturated rings. The van der Waals surface area contributed by atoms with E-state index in [0.29, 0.717) is 15.6 Å². The molecule has 0 aliphatic rings. The molecular formula is C14H15FN4OS. The molecule has 110 valence electrons. The number of rotatable bonds is 3. The highest BCUT2D eigenvalue weighted by atomic mass is 32.2. The maximum absolute atomic E-state index is 13.3. The lowest BCUT2D eigenvalue weighted by Crippen LogP contribution is -2.14. The van der Waals surface area contributed by atoms with Crippen LogP contribution >= 0.6 is 11.8 Å². The van der Waals surface area contributed by atoms with Crippen molar-refractivity contribution in [1.29, 1.82) is 0 Å². The van der Waals surface area contributed by atoms with Gasteiger partial charge in [-0.3, -0.25) is 0 Å². The number of aromatic nitrogens is 2. The number of benzene rings is 1. The van der Waals surface area contributed by atoms with Gasteiger partial charge in [0.05, 0.1) is 0 Å². The lowest BCUT2D eigenvalue weighted by molar-refractivity contribution is 0.318. The van der Waals surface area contributed by atoms with Gasteiger partial charge >= 0.3 is 0 Å². The van der Waals surface area contributed by atoms with Crippen LogP contribution in [0.4, 0.5) is 4.39 Å². The molecule has 5 nitrogen and oxygen atoms in total. The first-order valence-electron chi connectivity index (χ1n) is 6.19. The maximum atomic E-state index is 13.3. The topological polar surface area (TPSA) is 84.4 Å². The molecule has 7 heteroatoms. The molecule has 0 saturated carbocycles. The molecular weight excluding hydrogens is 291 g/mol. The third-order valence-electron chi connectivity index (χ3n) is 3.14. The lowest BCUT2D eigenvalue weighted by Gasteiger charge is -2.09. The van der Waals surface area contributed by atoms with Crippen LogP contribution in [-0.2, 0) is 0 Å². The quantitative estimate of drug-likeness (QED) is 0.299. The van der Waals surface area contributed by atoms with E-state index in [9.17, 15) is 4.39 Å². The van der Waals surface area contributed by atoms with Gasteiger partial charge in [0.15, 0.2) is 11.0 Å².